The predicted octanol–water partition coefficient (Wildman–Crippen LogP) is 4.22. The fraction of sp³-hybridized carbons (Fsp3) is 0.500. The maximum atomic E-state index is 12.9. The summed E-state index contributed by atoms with van der Waals surface area (Å²) < 4.78 is 103. The van der Waals surface area contributed by atoms with Crippen LogP contribution in [0.2, 0.25) is 0 Å². The third-order valence-corrected chi connectivity index (χ3v) is 7.44. The van der Waals surface area contributed by atoms with Crippen LogP contribution in [-0.2, 0) is 29.2 Å². The van der Waals surface area contributed by atoms with E-state index in [9.17, 15) is 39.6 Å². The summed E-state index contributed by atoms with van der Waals surface area (Å²) in [5.41, 5.74) is -2.48. The Kier molecular flexibility index (Phi) is 6.83. The molecule has 182 valence electrons. The lowest BCUT2D eigenvalue weighted by molar-refractivity contribution is -0.141. The first-order valence-electron chi connectivity index (χ1n) is 9.99. The van der Waals surface area contributed by atoms with Gasteiger partial charge in [-0.25, -0.2) is 8.42 Å². The lowest BCUT2D eigenvalue weighted by Gasteiger charge is -2.29. The first-order chi connectivity index (χ1) is 15.2. The number of nitrogens with one attached hydrogen (secondary N) is 1. The molecule has 33 heavy (non-hydrogen) atoms. The number of hydrogen-bond acceptors (Lipinski definition) is 4. The van der Waals surface area contributed by atoms with Gasteiger partial charge in [0.15, 0.2) is 15.5 Å². The van der Waals surface area contributed by atoms with Gasteiger partial charge in [0.25, 0.3) is 5.91 Å². The van der Waals surface area contributed by atoms with Crippen LogP contribution in [0.4, 0.5) is 26.3 Å². The Morgan fingerprint density at radius 2 is 1.70 bits per heavy atom. The second-order valence-corrected chi connectivity index (χ2v) is 10.1. The van der Waals surface area contributed by atoms with Crippen molar-refractivity contribution in [3.8, 4) is 0 Å². The summed E-state index contributed by atoms with van der Waals surface area (Å²) in [6.45, 7) is 0. The summed E-state index contributed by atoms with van der Waals surface area (Å²) in [5.74, 6) is -1.36. The molecule has 0 radical (unpaired) electrons. The van der Waals surface area contributed by atoms with Gasteiger partial charge in [-0.2, -0.15) is 31.4 Å². The summed E-state index contributed by atoms with van der Waals surface area (Å²) in [4.78, 5) is 12.0. The number of carbonyl (C=O) groups is 1. The average Bonchev–Trinajstić information content (AvgIpc) is 3.11. The largest absolute Gasteiger partial charge is 0.435 e. The van der Waals surface area contributed by atoms with E-state index in [1.54, 1.807) is 0 Å². The van der Waals surface area contributed by atoms with E-state index in [-0.39, 0.29) is 23.4 Å². The quantitative estimate of drug-likeness (QED) is 0.628. The van der Waals surface area contributed by atoms with Crippen LogP contribution < -0.4 is 5.32 Å². The Morgan fingerprint density at radius 3 is 2.24 bits per heavy atom. The van der Waals surface area contributed by atoms with Crippen molar-refractivity contribution < 1.29 is 39.6 Å². The zero-order valence-corrected chi connectivity index (χ0v) is 18.2. The highest BCUT2D eigenvalue weighted by atomic mass is 32.2. The standard InChI is InChI=1S/C20H21F6N3O3S/c1-29-16(10-17(28-29)20(24,25)26)18(30)27-14-7-5-12(6-8-14)11-33(31,32)15-4-2-3-13(9-15)19(21,22)23/h2-4,9-10,12,14H,5-8,11H2,1H3,(H,27,30)/t12-,14-. The van der Waals surface area contributed by atoms with E-state index in [2.05, 4.69) is 10.4 Å². The molecule has 6 nitrogen and oxygen atoms in total. The SMILES string of the molecule is Cn1nc(C(F)(F)F)cc1C(=O)N[C@H]1CC[C@H](CS(=O)(=O)c2cccc(C(F)(F)F)c2)CC1. The number of amides is 1. The molecule has 3 rings (SSSR count). The minimum atomic E-state index is -4.68. The Morgan fingerprint density at radius 1 is 1.06 bits per heavy atom. The van der Waals surface area contributed by atoms with Gasteiger partial charge in [0.1, 0.15) is 5.69 Å². The van der Waals surface area contributed by atoms with E-state index in [0.717, 1.165) is 22.9 Å². The molecule has 2 aromatic rings. The summed E-state index contributed by atoms with van der Waals surface area (Å²) in [7, 11) is -2.73. The number of rotatable bonds is 5. The number of carbonyl (C=O) groups excluding carboxylic acids is 1. The summed E-state index contributed by atoms with van der Waals surface area (Å²) >= 11 is 0. The van der Waals surface area contributed by atoms with Gasteiger partial charge in [0, 0.05) is 19.2 Å². The van der Waals surface area contributed by atoms with Crippen LogP contribution >= 0.6 is 0 Å². The second-order valence-electron chi connectivity index (χ2n) is 8.03. The van der Waals surface area contributed by atoms with Crippen LogP contribution in [0.1, 0.15) is 47.4 Å². The normalized spacial score (nSPS) is 20.0. The minimum absolute atomic E-state index is 0.253. The third kappa shape index (κ3) is 6.06. The van der Waals surface area contributed by atoms with Crippen molar-refractivity contribution in [1.29, 1.82) is 0 Å². The van der Waals surface area contributed by atoms with E-state index in [1.165, 1.54) is 7.05 Å². The topological polar surface area (TPSA) is 81.1 Å². The number of sulfone groups is 1. The molecule has 1 fully saturated rings. The second kappa shape index (κ2) is 8.99. The fourth-order valence-electron chi connectivity index (χ4n) is 3.82. The highest BCUT2D eigenvalue weighted by Gasteiger charge is 2.36. The van der Waals surface area contributed by atoms with Crippen molar-refractivity contribution in [2.75, 3.05) is 5.75 Å². The van der Waals surface area contributed by atoms with Crippen LogP contribution in [-0.4, -0.2) is 35.9 Å². The van der Waals surface area contributed by atoms with Gasteiger partial charge in [-0.3, -0.25) is 9.48 Å². The van der Waals surface area contributed by atoms with E-state index in [1.807, 2.05) is 0 Å². The van der Waals surface area contributed by atoms with Crippen LogP contribution in [0.5, 0.6) is 0 Å². The molecule has 0 bridgehead atoms. The average molecular weight is 497 g/mol. The Hall–Kier alpha value is -2.57. The first-order valence-corrected chi connectivity index (χ1v) is 11.6. The van der Waals surface area contributed by atoms with Crippen molar-refractivity contribution in [3.05, 3.63) is 47.3 Å². The van der Waals surface area contributed by atoms with E-state index in [4.69, 9.17) is 0 Å². The zero-order valence-electron chi connectivity index (χ0n) is 17.4. The molecule has 0 aliphatic heterocycles. The van der Waals surface area contributed by atoms with E-state index in [0.29, 0.717) is 37.8 Å². The number of alkyl halides is 6. The number of benzene rings is 1. The van der Waals surface area contributed by atoms with Crippen molar-refractivity contribution in [2.45, 2.75) is 49.0 Å². The summed E-state index contributed by atoms with van der Waals surface area (Å²) in [6.07, 6.45) is -7.78. The molecule has 0 atom stereocenters. The van der Waals surface area contributed by atoms with Gasteiger partial charge < -0.3 is 5.32 Å². The highest BCUT2D eigenvalue weighted by molar-refractivity contribution is 7.91. The summed E-state index contributed by atoms with van der Waals surface area (Å²) in [5, 5.41) is 5.93. The van der Waals surface area contributed by atoms with Gasteiger partial charge in [-0.1, -0.05) is 6.07 Å². The molecule has 1 aromatic heterocycles. The summed E-state index contributed by atoms with van der Waals surface area (Å²) in [6, 6.07) is 3.87. The van der Waals surface area contributed by atoms with E-state index >= 15 is 0 Å². The molecule has 1 aliphatic rings. The molecule has 0 saturated heterocycles. The monoisotopic (exact) mass is 497 g/mol. The van der Waals surface area contributed by atoms with Crippen LogP contribution in [0.15, 0.2) is 35.2 Å². The fourth-order valence-corrected chi connectivity index (χ4v) is 5.56. The molecule has 0 spiro atoms. The first kappa shape index (κ1) is 25.1. The molecule has 1 aromatic carbocycles. The highest BCUT2D eigenvalue weighted by Crippen LogP contribution is 2.33. The molecular formula is C20H21F6N3O3S. The van der Waals surface area contributed by atoms with Crippen LogP contribution in [0, 0.1) is 5.92 Å². The van der Waals surface area contributed by atoms with Crippen LogP contribution in [0.25, 0.3) is 0 Å². The van der Waals surface area contributed by atoms with Gasteiger partial charge in [0.2, 0.25) is 0 Å². The smallest absolute Gasteiger partial charge is 0.348 e. The Labute approximate surface area is 185 Å². The molecule has 1 N–H and O–H groups in total. The van der Waals surface area contributed by atoms with Gasteiger partial charge >= 0.3 is 12.4 Å². The molecule has 1 heterocycles. The van der Waals surface area contributed by atoms with Crippen LogP contribution in [0.3, 0.4) is 0 Å². The maximum absolute atomic E-state index is 12.9. The molecule has 1 aliphatic carbocycles. The number of hydrogen-bond donors (Lipinski definition) is 1. The number of aromatic nitrogens is 2. The lowest BCUT2D eigenvalue weighted by Crippen LogP contribution is -2.39. The van der Waals surface area contributed by atoms with E-state index < -0.39 is 44.2 Å². The Balaban J connectivity index is 1.58. The molecule has 1 amide bonds. The molecule has 0 unspecified atom stereocenters. The van der Waals surface area contributed by atoms with Crippen molar-refractivity contribution in [2.24, 2.45) is 13.0 Å². The Bertz CT molecular complexity index is 1120. The van der Waals surface area contributed by atoms with Crippen molar-refractivity contribution >= 4 is 15.7 Å². The van der Waals surface area contributed by atoms with Gasteiger partial charge in [-0.05, 0) is 49.8 Å². The minimum Gasteiger partial charge on any atom is -0.348 e. The van der Waals surface area contributed by atoms with Crippen molar-refractivity contribution in [3.63, 3.8) is 0 Å². The zero-order chi connectivity index (χ0) is 24.6. The maximum Gasteiger partial charge on any atom is 0.435 e. The number of halogens is 6. The molecular weight excluding hydrogens is 476 g/mol. The molecule has 13 heteroatoms. The number of aryl methyl sites for hydroxylation is 1. The predicted molar refractivity (Wildman–Crippen MR) is 105 cm³/mol. The molecule has 1 saturated carbocycles. The van der Waals surface area contributed by atoms with Gasteiger partial charge in [0.05, 0.1) is 16.2 Å². The van der Waals surface area contributed by atoms with Crippen molar-refractivity contribution in [1.82, 2.24) is 15.1 Å². The number of nitrogens with zero attached hydrogens (tertiary/aromatic N) is 2. The third-order valence-electron chi connectivity index (χ3n) is 5.56. The lowest BCUT2D eigenvalue weighted by atomic mass is 9.87. The van der Waals surface area contributed by atoms with Gasteiger partial charge in [-0.15, -0.1) is 0 Å².